The summed E-state index contributed by atoms with van der Waals surface area (Å²) in [5.74, 6) is -3.41. The Morgan fingerprint density at radius 1 is 1.05 bits per heavy atom. The van der Waals surface area contributed by atoms with Crippen LogP contribution >= 0.6 is 11.6 Å². The Kier molecular flexibility index (Phi) is 4.16. The smallest absolute Gasteiger partial charge is 0.376 e. The lowest BCUT2D eigenvalue weighted by Gasteiger charge is -2.13. The van der Waals surface area contributed by atoms with Crippen molar-refractivity contribution < 1.29 is 43.3 Å². The highest BCUT2D eigenvalue weighted by molar-refractivity contribution is 7.88. The second kappa shape index (κ2) is 4.95. The summed E-state index contributed by atoms with van der Waals surface area (Å²) in [6, 6.07) is -0.0608. The summed E-state index contributed by atoms with van der Waals surface area (Å²) in [4.78, 5) is 0. The molecule has 0 amide bonds. The fraction of sp³-hybridized carbons (Fsp3) is 0.250. The van der Waals surface area contributed by atoms with Gasteiger partial charge in [0.1, 0.15) is 17.1 Å². The fourth-order valence-electron chi connectivity index (χ4n) is 1.04. The molecule has 0 atom stereocenters. The highest BCUT2D eigenvalue weighted by atomic mass is 35.5. The summed E-state index contributed by atoms with van der Waals surface area (Å²) in [5, 5.41) is -1.34. The lowest BCUT2D eigenvalue weighted by molar-refractivity contribution is -0.139. The summed E-state index contributed by atoms with van der Waals surface area (Å²) >= 11 is 5.05. The van der Waals surface area contributed by atoms with Gasteiger partial charge in [0.25, 0.3) is 0 Å². The van der Waals surface area contributed by atoms with Gasteiger partial charge >= 0.3 is 21.8 Å². The van der Waals surface area contributed by atoms with E-state index in [4.69, 9.17) is 11.6 Å². The van der Waals surface area contributed by atoms with Crippen LogP contribution in [-0.4, -0.2) is 13.9 Å². The normalized spacial score (nSPS) is 13.4. The summed E-state index contributed by atoms with van der Waals surface area (Å²) < 4.78 is 111. The molecule has 0 heterocycles. The maximum absolute atomic E-state index is 13.1. The summed E-state index contributed by atoms with van der Waals surface area (Å²) in [5.41, 5.74) is -7.77. The van der Waals surface area contributed by atoms with Crippen molar-refractivity contribution in [3.8, 4) is 5.75 Å². The van der Waals surface area contributed by atoms with Gasteiger partial charge in [-0.3, -0.25) is 0 Å². The Morgan fingerprint density at radius 3 is 1.90 bits per heavy atom. The van der Waals surface area contributed by atoms with Gasteiger partial charge in [-0.1, -0.05) is 11.6 Å². The number of rotatable bonds is 2. The van der Waals surface area contributed by atoms with E-state index in [0.717, 1.165) is 0 Å². The molecular weight excluding hydrogens is 345 g/mol. The molecule has 0 saturated carbocycles. The van der Waals surface area contributed by atoms with Crippen LogP contribution in [0.2, 0.25) is 5.02 Å². The predicted octanol–water partition coefficient (Wildman–Crippen LogP) is 3.73. The maximum atomic E-state index is 13.1. The predicted molar refractivity (Wildman–Crippen MR) is 52.0 cm³/mol. The van der Waals surface area contributed by atoms with Crippen LogP contribution in [0.15, 0.2) is 12.1 Å². The Labute approximate surface area is 112 Å². The molecule has 0 aromatic heterocycles. The third-order valence-corrected chi connectivity index (χ3v) is 3.07. The lowest BCUT2D eigenvalue weighted by Crippen LogP contribution is -2.28. The molecule has 0 aliphatic carbocycles. The van der Waals surface area contributed by atoms with Crippen LogP contribution in [0.25, 0.3) is 0 Å². The molecule has 114 valence electrons. The van der Waals surface area contributed by atoms with Crippen LogP contribution in [0.5, 0.6) is 5.75 Å². The second-order valence-corrected chi connectivity index (χ2v) is 5.19. The largest absolute Gasteiger partial charge is 0.534 e. The maximum Gasteiger partial charge on any atom is 0.534 e. The summed E-state index contributed by atoms with van der Waals surface area (Å²) in [6.07, 6.45) is -5.21. The average Bonchev–Trinajstić information content (AvgIpc) is 2.09. The summed E-state index contributed by atoms with van der Waals surface area (Å²) in [6.45, 7) is 0. The van der Waals surface area contributed by atoms with Crippen LogP contribution in [0.1, 0.15) is 5.56 Å². The van der Waals surface area contributed by atoms with Gasteiger partial charge in [-0.2, -0.15) is 34.8 Å². The van der Waals surface area contributed by atoms with Gasteiger partial charge in [0.05, 0.1) is 5.02 Å². The van der Waals surface area contributed by atoms with Crippen molar-refractivity contribution in [2.75, 3.05) is 0 Å². The van der Waals surface area contributed by atoms with Crippen LogP contribution in [0.3, 0.4) is 0 Å². The molecule has 0 unspecified atom stereocenters. The van der Waals surface area contributed by atoms with Crippen LogP contribution < -0.4 is 4.18 Å². The molecule has 1 aromatic rings. The van der Waals surface area contributed by atoms with Crippen LogP contribution in [0.4, 0.5) is 30.7 Å². The molecule has 0 fully saturated rings. The molecule has 0 radical (unpaired) electrons. The van der Waals surface area contributed by atoms with Crippen molar-refractivity contribution in [1.82, 2.24) is 0 Å². The Bertz CT molecular complexity index is 597. The van der Waals surface area contributed by atoms with Gasteiger partial charge in [-0.05, 0) is 0 Å². The molecule has 0 saturated heterocycles. The second-order valence-electron chi connectivity index (χ2n) is 3.24. The van der Waals surface area contributed by atoms with E-state index >= 15 is 0 Å². The molecule has 0 spiro atoms. The zero-order valence-electron chi connectivity index (χ0n) is 8.81. The first-order valence-corrected chi connectivity index (χ1v) is 6.11. The quantitative estimate of drug-likeness (QED) is 0.465. The first-order valence-electron chi connectivity index (χ1n) is 4.32. The lowest BCUT2D eigenvalue weighted by atomic mass is 10.2. The molecule has 0 aliphatic rings. The van der Waals surface area contributed by atoms with E-state index in [1.54, 1.807) is 0 Å². The highest BCUT2D eigenvalue weighted by Crippen LogP contribution is 2.39. The van der Waals surface area contributed by atoms with Gasteiger partial charge < -0.3 is 4.18 Å². The number of hydrogen-bond acceptors (Lipinski definition) is 3. The van der Waals surface area contributed by atoms with E-state index in [-0.39, 0.29) is 12.1 Å². The zero-order valence-corrected chi connectivity index (χ0v) is 10.4. The molecule has 1 aromatic carbocycles. The SMILES string of the molecule is O=S(=O)(Oc1cc(F)c(C(F)(F)F)c(Cl)c1)C(F)(F)F. The van der Waals surface area contributed by atoms with Gasteiger partial charge in [-0.15, -0.1) is 0 Å². The van der Waals surface area contributed by atoms with Crippen molar-refractivity contribution in [2.24, 2.45) is 0 Å². The minimum Gasteiger partial charge on any atom is -0.376 e. The number of halogens is 8. The molecular formula is C8H2ClF7O3S. The number of alkyl halides is 6. The molecule has 0 N–H and O–H groups in total. The van der Waals surface area contributed by atoms with Crippen molar-refractivity contribution in [1.29, 1.82) is 0 Å². The van der Waals surface area contributed by atoms with E-state index in [0.29, 0.717) is 0 Å². The van der Waals surface area contributed by atoms with Crippen molar-refractivity contribution >= 4 is 21.7 Å². The molecule has 3 nitrogen and oxygen atoms in total. The monoisotopic (exact) mass is 346 g/mol. The van der Waals surface area contributed by atoms with Gasteiger partial charge in [0.15, 0.2) is 0 Å². The van der Waals surface area contributed by atoms with Gasteiger partial charge in [-0.25, -0.2) is 4.39 Å². The van der Waals surface area contributed by atoms with Crippen LogP contribution in [0, 0.1) is 5.82 Å². The zero-order chi connectivity index (χ0) is 15.9. The van der Waals surface area contributed by atoms with E-state index in [2.05, 4.69) is 4.18 Å². The standard InChI is InChI=1S/C8H2ClF7O3S/c9-4-1-3(19-20(17,18)8(14,15)16)2-5(10)6(4)7(11,12)13/h1-2H. The van der Waals surface area contributed by atoms with E-state index in [9.17, 15) is 39.2 Å². The third kappa shape index (κ3) is 3.45. The van der Waals surface area contributed by atoms with E-state index in [1.165, 1.54) is 0 Å². The van der Waals surface area contributed by atoms with E-state index in [1.807, 2.05) is 0 Å². The van der Waals surface area contributed by atoms with E-state index < -0.39 is 44.0 Å². The number of benzene rings is 1. The Balaban J connectivity index is 3.27. The first-order chi connectivity index (χ1) is 8.75. The molecule has 0 bridgehead atoms. The van der Waals surface area contributed by atoms with Crippen molar-refractivity contribution in [3.63, 3.8) is 0 Å². The minimum atomic E-state index is -6.14. The topological polar surface area (TPSA) is 43.4 Å². The number of hydrogen-bond donors (Lipinski definition) is 0. The Morgan fingerprint density at radius 2 is 1.55 bits per heavy atom. The average molecular weight is 347 g/mol. The van der Waals surface area contributed by atoms with Gasteiger partial charge in [0.2, 0.25) is 0 Å². The van der Waals surface area contributed by atoms with Crippen LogP contribution in [-0.2, 0) is 16.3 Å². The molecule has 20 heavy (non-hydrogen) atoms. The first kappa shape index (κ1) is 16.8. The van der Waals surface area contributed by atoms with Gasteiger partial charge in [0, 0.05) is 12.1 Å². The highest BCUT2D eigenvalue weighted by Gasteiger charge is 2.49. The third-order valence-electron chi connectivity index (χ3n) is 1.79. The molecule has 1 rings (SSSR count). The fourth-order valence-corrected chi connectivity index (χ4v) is 1.79. The van der Waals surface area contributed by atoms with Crippen molar-refractivity contribution in [2.45, 2.75) is 11.7 Å². The molecule has 12 heteroatoms. The van der Waals surface area contributed by atoms with Crippen molar-refractivity contribution in [3.05, 3.63) is 28.5 Å². The molecule has 0 aliphatic heterocycles. The Hall–Kier alpha value is -1.23. The summed E-state index contributed by atoms with van der Waals surface area (Å²) in [7, 11) is -6.14. The minimum absolute atomic E-state index is 0.108.